The normalized spacial score (nSPS) is 15.7. The molecule has 0 unspecified atom stereocenters. The van der Waals surface area contributed by atoms with Gasteiger partial charge in [-0.25, -0.2) is 0 Å². The van der Waals surface area contributed by atoms with Crippen molar-refractivity contribution in [2.75, 3.05) is 13.6 Å². The highest BCUT2D eigenvalue weighted by Gasteiger charge is 2.02. The highest BCUT2D eigenvalue weighted by molar-refractivity contribution is 5.20. The molecule has 1 heteroatoms. The van der Waals surface area contributed by atoms with Crippen LogP contribution in [-0.4, -0.2) is 18.5 Å². The molecule has 0 aromatic heterocycles. The van der Waals surface area contributed by atoms with Gasteiger partial charge in [0.05, 0.1) is 0 Å². The molecular formula is C12H21N. The van der Waals surface area contributed by atoms with Crippen molar-refractivity contribution in [1.82, 2.24) is 4.90 Å². The van der Waals surface area contributed by atoms with Crippen LogP contribution in [0.15, 0.2) is 23.9 Å². The lowest BCUT2D eigenvalue weighted by Gasteiger charge is -2.21. The van der Waals surface area contributed by atoms with Crippen LogP contribution in [0.5, 0.6) is 0 Å². The predicted molar refractivity (Wildman–Crippen MR) is 58.6 cm³/mol. The molecule has 0 saturated heterocycles. The van der Waals surface area contributed by atoms with Crippen LogP contribution in [0.3, 0.4) is 0 Å². The molecule has 0 radical (unpaired) electrons. The van der Waals surface area contributed by atoms with Crippen LogP contribution in [0.25, 0.3) is 0 Å². The molecule has 0 aromatic rings. The lowest BCUT2D eigenvalue weighted by atomic mass is 10.1. The predicted octanol–water partition coefficient (Wildman–Crippen LogP) is 3.34. The molecule has 0 heterocycles. The number of likely N-dealkylation sites (N-methyl/N-ethyl adjacent to an activating group) is 1. The summed E-state index contributed by atoms with van der Waals surface area (Å²) >= 11 is 0. The van der Waals surface area contributed by atoms with E-state index in [2.05, 4.69) is 37.1 Å². The summed E-state index contributed by atoms with van der Waals surface area (Å²) in [6.07, 6.45) is 13.3. The van der Waals surface area contributed by atoms with Gasteiger partial charge in [0.15, 0.2) is 0 Å². The fraction of sp³-hybridized carbons (Fsp3) is 0.667. The lowest BCUT2D eigenvalue weighted by molar-refractivity contribution is 0.409. The number of hydrogen-bond acceptors (Lipinski definition) is 1. The molecule has 0 atom stereocenters. The molecule has 0 N–H and O–H groups in total. The van der Waals surface area contributed by atoms with Crippen molar-refractivity contribution < 1.29 is 0 Å². The van der Waals surface area contributed by atoms with Gasteiger partial charge in [-0.1, -0.05) is 31.9 Å². The van der Waals surface area contributed by atoms with E-state index in [1.54, 1.807) is 0 Å². The monoisotopic (exact) mass is 179 g/mol. The number of rotatable bonds is 5. The average Bonchev–Trinajstić information content (AvgIpc) is 2.19. The maximum atomic E-state index is 2.37. The Morgan fingerprint density at radius 3 is 2.77 bits per heavy atom. The van der Waals surface area contributed by atoms with E-state index in [0.717, 1.165) is 0 Å². The van der Waals surface area contributed by atoms with Crippen molar-refractivity contribution in [1.29, 1.82) is 0 Å². The van der Waals surface area contributed by atoms with Gasteiger partial charge in [0.1, 0.15) is 0 Å². The summed E-state index contributed by atoms with van der Waals surface area (Å²) in [5.74, 6) is 0. The zero-order valence-electron chi connectivity index (χ0n) is 8.92. The van der Waals surface area contributed by atoms with Crippen molar-refractivity contribution in [3.8, 4) is 0 Å². The summed E-state index contributed by atoms with van der Waals surface area (Å²) in [4.78, 5) is 2.37. The fourth-order valence-electron chi connectivity index (χ4n) is 1.61. The van der Waals surface area contributed by atoms with Gasteiger partial charge in [-0.3, -0.25) is 0 Å². The van der Waals surface area contributed by atoms with Gasteiger partial charge in [0.2, 0.25) is 0 Å². The van der Waals surface area contributed by atoms with E-state index in [-0.39, 0.29) is 0 Å². The van der Waals surface area contributed by atoms with Crippen LogP contribution in [-0.2, 0) is 0 Å². The van der Waals surface area contributed by atoms with Gasteiger partial charge < -0.3 is 4.90 Å². The van der Waals surface area contributed by atoms with Crippen LogP contribution in [0.4, 0.5) is 0 Å². The third-order valence-corrected chi connectivity index (χ3v) is 2.51. The zero-order valence-corrected chi connectivity index (χ0v) is 8.92. The third kappa shape index (κ3) is 3.67. The third-order valence-electron chi connectivity index (χ3n) is 2.51. The molecule has 1 aliphatic rings. The summed E-state index contributed by atoms with van der Waals surface area (Å²) in [7, 11) is 2.19. The van der Waals surface area contributed by atoms with Crippen LogP contribution in [0.1, 0.15) is 39.0 Å². The molecule has 1 aliphatic carbocycles. The molecule has 1 nitrogen and oxygen atoms in total. The summed E-state index contributed by atoms with van der Waals surface area (Å²) < 4.78 is 0. The SMILES string of the molecule is CCCCCN(C)C1=CCCC=C1. The summed E-state index contributed by atoms with van der Waals surface area (Å²) in [6, 6.07) is 0. The molecule has 74 valence electrons. The lowest BCUT2D eigenvalue weighted by Crippen LogP contribution is -2.18. The molecular weight excluding hydrogens is 158 g/mol. The van der Waals surface area contributed by atoms with E-state index in [1.165, 1.54) is 44.3 Å². The summed E-state index contributed by atoms with van der Waals surface area (Å²) in [6.45, 7) is 3.45. The first-order valence-electron chi connectivity index (χ1n) is 5.42. The Bertz CT molecular complexity index is 191. The minimum atomic E-state index is 1.20. The van der Waals surface area contributed by atoms with Crippen molar-refractivity contribution >= 4 is 0 Å². The van der Waals surface area contributed by atoms with Crippen molar-refractivity contribution in [2.24, 2.45) is 0 Å². The van der Waals surface area contributed by atoms with Crippen molar-refractivity contribution in [3.63, 3.8) is 0 Å². The largest absolute Gasteiger partial charge is 0.375 e. The first kappa shape index (κ1) is 10.4. The van der Waals surface area contributed by atoms with E-state index < -0.39 is 0 Å². The quantitative estimate of drug-likeness (QED) is 0.585. The number of allylic oxidation sites excluding steroid dienone is 3. The number of unbranched alkanes of at least 4 members (excludes halogenated alkanes) is 2. The molecule has 13 heavy (non-hydrogen) atoms. The van der Waals surface area contributed by atoms with Crippen LogP contribution < -0.4 is 0 Å². The number of nitrogens with zero attached hydrogens (tertiary/aromatic N) is 1. The average molecular weight is 179 g/mol. The summed E-state index contributed by atoms with van der Waals surface area (Å²) in [5, 5.41) is 0. The topological polar surface area (TPSA) is 3.24 Å². The van der Waals surface area contributed by atoms with Crippen molar-refractivity contribution in [3.05, 3.63) is 23.9 Å². The Morgan fingerprint density at radius 2 is 2.15 bits per heavy atom. The molecule has 0 amide bonds. The molecule has 0 saturated carbocycles. The van der Waals surface area contributed by atoms with Gasteiger partial charge in [0.25, 0.3) is 0 Å². The minimum absolute atomic E-state index is 1.20. The highest BCUT2D eigenvalue weighted by Crippen LogP contribution is 2.13. The molecule has 0 fully saturated rings. The fourth-order valence-corrected chi connectivity index (χ4v) is 1.61. The van der Waals surface area contributed by atoms with Gasteiger partial charge >= 0.3 is 0 Å². The van der Waals surface area contributed by atoms with Gasteiger partial charge in [-0.05, 0) is 25.3 Å². The Balaban J connectivity index is 2.25. The standard InChI is InChI=1S/C12H21N/c1-3-4-8-11-13(2)12-9-6-5-7-10-12/h6,9-10H,3-5,7-8,11H2,1-2H3. The second-order valence-electron chi connectivity index (χ2n) is 3.74. The Hall–Kier alpha value is -0.720. The first-order valence-corrected chi connectivity index (χ1v) is 5.42. The van der Waals surface area contributed by atoms with Crippen LogP contribution in [0, 0.1) is 0 Å². The smallest absolute Gasteiger partial charge is 0.0319 e. The first-order chi connectivity index (χ1) is 6.34. The molecule has 0 aromatic carbocycles. The Labute approximate surface area is 82.1 Å². The van der Waals surface area contributed by atoms with E-state index >= 15 is 0 Å². The van der Waals surface area contributed by atoms with Gasteiger partial charge in [-0.15, -0.1) is 0 Å². The molecule has 1 rings (SSSR count). The molecule has 0 spiro atoms. The van der Waals surface area contributed by atoms with Crippen LogP contribution in [0.2, 0.25) is 0 Å². The molecule has 0 bridgehead atoms. The summed E-state index contributed by atoms with van der Waals surface area (Å²) in [5.41, 5.74) is 1.40. The second-order valence-corrected chi connectivity index (χ2v) is 3.74. The van der Waals surface area contributed by atoms with Crippen LogP contribution >= 0.6 is 0 Å². The highest BCUT2D eigenvalue weighted by atomic mass is 15.1. The Kier molecular flexibility index (Phi) is 4.66. The zero-order chi connectivity index (χ0) is 9.52. The van der Waals surface area contributed by atoms with E-state index in [4.69, 9.17) is 0 Å². The van der Waals surface area contributed by atoms with E-state index in [0.29, 0.717) is 0 Å². The van der Waals surface area contributed by atoms with E-state index in [1.807, 2.05) is 0 Å². The molecule has 0 aliphatic heterocycles. The Morgan fingerprint density at radius 1 is 1.31 bits per heavy atom. The number of hydrogen-bond donors (Lipinski definition) is 0. The van der Waals surface area contributed by atoms with Crippen molar-refractivity contribution in [2.45, 2.75) is 39.0 Å². The van der Waals surface area contributed by atoms with Gasteiger partial charge in [-0.2, -0.15) is 0 Å². The van der Waals surface area contributed by atoms with E-state index in [9.17, 15) is 0 Å². The maximum absolute atomic E-state index is 2.37. The maximum Gasteiger partial charge on any atom is 0.0319 e. The second kappa shape index (κ2) is 5.85. The minimum Gasteiger partial charge on any atom is -0.375 e. The van der Waals surface area contributed by atoms with Gasteiger partial charge in [0, 0.05) is 19.3 Å².